The van der Waals surface area contributed by atoms with Crippen LogP contribution in [0.4, 0.5) is 5.82 Å². The Kier molecular flexibility index (Phi) is 11.8. The maximum absolute atomic E-state index is 10.5. The Morgan fingerprint density at radius 1 is 0.800 bits per heavy atom. The van der Waals surface area contributed by atoms with Gasteiger partial charge < -0.3 is 20.6 Å². The molecule has 0 aromatic carbocycles. The van der Waals surface area contributed by atoms with Crippen LogP contribution in [0.2, 0.25) is 0 Å². The molecule has 0 atom stereocenters. The Morgan fingerprint density at radius 2 is 1.37 bits per heavy atom. The summed E-state index contributed by atoms with van der Waals surface area (Å²) >= 11 is 5.93. The molecule has 2 aromatic rings. The van der Waals surface area contributed by atoms with Crippen molar-refractivity contribution in [2.45, 2.75) is 82.1 Å². The standard InChI is InChI=1S/C8H11Cl.C7H10N2O.C7H11N.C6H9NO/c1-5-4-6(2)8(9)7(5)3;1-5-3-7(8-4-10)9-6(5)2;1-5-4-6(2)8-7(5)3;1-4-3-6(8)7-5(4)2/h4H2,1-3H3;3-4,9H,1-2H3,(H,8,10);4,8H,1-3H3;3H2,1-2H3,(H,7,8). The molecule has 192 valence electrons. The third-order valence-electron chi connectivity index (χ3n) is 6.17. The number of carbonyl (C=O) groups is 2. The Balaban J connectivity index is 0.000000234. The smallest absolute Gasteiger partial charge is 0.228 e. The van der Waals surface area contributed by atoms with Crippen molar-refractivity contribution in [3.63, 3.8) is 0 Å². The van der Waals surface area contributed by atoms with Crippen LogP contribution >= 0.6 is 11.6 Å². The lowest BCUT2D eigenvalue weighted by atomic mass is 10.2. The minimum atomic E-state index is 0.125. The van der Waals surface area contributed by atoms with E-state index in [1.54, 1.807) is 0 Å². The van der Waals surface area contributed by atoms with E-state index in [0.29, 0.717) is 12.8 Å². The van der Waals surface area contributed by atoms with Crippen LogP contribution < -0.4 is 10.6 Å². The molecule has 2 aromatic heterocycles. The van der Waals surface area contributed by atoms with Crippen molar-refractivity contribution < 1.29 is 9.59 Å². The number of amides is 2. The molecule has 4 rings (SSSR count). The van der Waals surface area contributed by atoms with Crippen LogP contribution in [0.15, 0.2) is 45.2 Å². The second-order valence-electron chi connectivity index (χ2n) is 9.32. The molecule has 1 aliphatic carbocycles. The molecule has 0 spiro atoms. The van der Waals surface area contributed by atoms with Gasteiger partial charge in [-0.2, -0.15) is 0 Å². The first-order chi connectivity index (χ1) is 16.3. The molecular formula is C28H41ClN4O2. The molecule has 0 saturated carbocycles. The van der Waals surface area contributed by atoms with Crippen LogP contribution in [0.5, 0.6) is 0 Å². The quantitative estimate of drug-likeness (QED) is 0.329. The van der Waals surface area contributed by atoms with Gasteiger partial charge in [-0.1, -0.05) is 22.7 Å². The fourth-order valence-electron chi connectivity index (χ4n) is 3.51. The molecule has 3 heterocycles. The molecule has 2 aliphatic rings. The number of carbonyl (C=O) groups excluding carboxylic acids is 2. The molecule has 2 amide bonds. The Bertz CT molecular complexity index is 1070. The number of aryl methyl sites for hydroxylation is 5. The SMILES string of the molecule is CC1=C(C)C(Cl)=C(C)C1.CC1=C(C)NC(=O)C1.Cc1cc(C)c(C)[nH]1.Cc1cc(NC=O)[nH]c1C. The van der Waals surface area contributed by atoms with E-state index in [2.05, 4.69) is 68.2 Å². The molecule has 6 nitrogen and oxygen atoms in total. The van der Waals surface area contributed by atoms with Crippen molar-refractivity contribution in [1.29, 1.82) is 0 Å². The van der Waals surface area contributed by atoms with Gasteiger partial charge in [0.25, 0.3) is 0 Å². The van der Waals surface area contributed by atoms with Gasteiger partial charge >= 0.3 is 0 Å². The Hall–Kier alpha value is -2.99. The second-order valence-corrected chi connectivity index (χ2v) is 9.70. The summed E-state index contributed by atoms with van der Waals surface area (Å²) in [6, 6.07) is 4.04. The van der Waals surface area contributed by atoms with Gasteiger partial charge in [-0.3, -0.25) is 9.59 Å². The van der Waals surface area contributed by atoms with E-state index < -0.39 is 0 Å². The predicted molar refractivity (Wildman–Crippen MR) is 148 cm³/mol. The molecule has 35 heavy (non-hydrogen) atoms. The first-order valence-electron chi connectivity index (χ1n) is 11.7. The average Bonchev–Trinajstić information content (AvgIpc) is 3.42. The van der Waals surface area contributed by atoms with E-state index in [4.69, 9.17) is 11.6 Å². The van der Waals surface area contributed by atoms with Crippen molar-refractivity contribution in [1.82, 2.24) is 15.3 Å². The highest BCUT2D eigenvalue weighted by molar-refractivity contribution is 6.32. The normalized spacial score (nSPS) is 14.5. The summed E-state index contributed by atoms with van der Waals surface area (Å²) in [6.07, 6.45) is 2.32. The number of aromatic amines is 2. The minimum absolute atomic E-state index is 0.125. The van der Waals surface area contributed by atoms with E-state index in [-0.39, 0.29) is 5.91 Å². The molecule has 0 saturated heterocycles. The van der Waals surface area contributed by atoms with Crippen LogP contribution in [0.3, 0.4) is 0 Å². The Morgan fingerprint density at radius 3 is 1.57 bits per heavy atom. The van der Waals surface area contributed by atoms with E-state index in [9.17, 15) is 9.59 Å². The van der Waals surface area contributed by atoms with E-state index >= 15 is 0 Å². The summed E-state index contributed by atoms with van der Waals surface area (Å²) in [5.74, 6) is 0.880. The van der Waals surface area contributed by atoms with Crippen LogP contribution in [-0.4, -0.2) is 22.3 Å². The maximum Gasteiger partial charge on any atom is 0.228 e. The number of rotatable bonds is 2. The van der Waals surface area contributed by atoms with Gasteiger partial charge in [0.2, 0.25) is 12.3 Å². The van der Waals surface area contributed by atoms with Crippen molar-refractivity contribution in [3.8, 4) is 0 Å². The van der Waals surface area contributed by atoms with Gasteiger partial charge in [0.15, 0.2) is 0 Å². The summed E-state index contributed by atoms with van der Waals surface area (Å²) in [5.41, 5.74) is 12.3. The van der Waals surface area contributed by atoms with E-state index in [0.717, 1.165) is 39.8 Å². The molecule has 0 bridgehead atoms. The van der Waals surface area contributed by atoms with Gasteiger partial charge in [0, 0.05) is 34.2 Å². The summed E-state index contributed by atoms with van der Waals surface area (Å²) in [7, 11) is 0. The zero-order chi connectivity index (χ0) is 26.9. The van der Waals surface area contributed by atoms with Crippen molar-refractivity contribution >= 4 is 29.7 Å². The van der Waals surface area contributed by atoms with Crippen molar-refractivity contribution in [2.24, 2.45) is 0 Å². The van der Waals surface area contributed by atoms with Crippen molar-refractivity contribution in [3.05, 3.63) is 73.4 Å². The van der Waals surface area contributed by atoms with Gasteiger partial charge in [-0.15, -0.1) is 0 Å². The zero-order valence-corrected chi connectivity index (χ0v) is 23.6. The minimum Gasteiger partial charge on any atom is -0.363 e. The topological polar surface area (TPSA) is 89.8 Å². The van der Waals surface area contributed by atoms with Gasteiger partial charge in [-0.05, 0) is 110 Å². The predicted octanol–water partition coefficient (Wildman–Crippen LogP) is 7.18. The van der Waals surface area contributed by atoms with Crippen LogP contribution in [-0.2, 0) is 9.59 Å². The lowest BCUT2D eigenvalue weighted by molar-refractivity contribution is -0.118. The van der Waals surface area contributed by atoms with Crippen molar-refractivity contribution in [2.75, 3.05) is 5.32 Å². The average molecular weight is 501 g/mol. The zero-order valence-electron chi connectivity index (χ0n) is 22.8. The molecule has 4 N–H and O–H groups in total. The molecule has 0 fully saturated rings. The third-order valence-corrected chi connectivity index (χ3v) is 6.77. The number of halogens is 1. The van der Waals surface area contributed by atoms with Gasteiger partial charge in [0.05, 0.1) is 0 Å². The van der Waals surface area contributed by atoms with Crippen LogP contribution in [0.25, 0.3) is 0 Å². The number of allylic oxidation sites excluding steroid dienone is 5. The van der Waals surface area contributed by atoms with Gasteiger partial charge in [-0.25, -0.2) is 0 Å². The summed E-state index contributed by atoms with van der Waals surface area (Å²) < 4.78 is 0. The Labute approximate surface area is 215 Å². The molecule has 0 unspecified atom stereocenters. The molecule has 1 aliphatic heterocycles. The van der Waals surface area contributed by atoms with Gasteiger partial charge in [0.1, 0.15) is 5.82 Å². The molecule has 0 radical (unpaired) electrons. The number of hydrogen-bond donors (Lipinski definition) is 4. The first-order valence-corrected chi connectivity index (χ1v) is 12.1. The number of H-pyrrole nitrogens is 2. The van der Waals surface area contributed by atoms with Crippen LogP contribution in [0, 0.1) is 34.6 Å². The lowest BCUT2D eigenvalue weighted by Crippen LogP contribution is -2.12. The largest absolute Gasteiger partial charge is 0.363 e. The summed E-state index contributed by atoms with van der Waals surface area (Å²) in [6.45, 7) is 20.4. The van der Waals surface area contributed by atoms with Crippen LogP contribution in [0.1, 0.15) is 75.7 Å². The summed E-state index contributed by atoms with van der Waals surface area (Å²) in [5, 5.41) is 6.22. The fourth-order valence-corrected chi connectivity index (χ4v) is 3.74. The maximum atomic E-state index is 10.5. The third kappa shape index (κ3) is 9.65. The van der Waals surface area contributed by atoms with E-state index in [1.165, 1.54) is 33.7 Å². The number of anilines is 1. The van der Waals surface area contributed by atoms with E-state index in [1.807, 2.05) is 33.8 Å². The highest BCUT2D eigenvalue weighted by Gasteiger charge is 2.13. The second kappa shape index (κ2) is 13.8. The lowest BCUT2D eigenvalue weighted by Gasteiger charge is -1.91. The number of hydrogen-bond acceptors (Lipinski definition) is 2. The fraction of sp³-hybridized carbons (Fsp3) is 0.429. The first kappa shape index (κ1) is 30.0. The molecule has 7 heteroatoms. The number of aromatic nitrogens is 2. The monoisotopic (exact) mass is 500 g/mol. The summed E-state index contributed by atoms with van der Waals surface area (Å²) in [4.78, 5) is 26.7. The highest BCUT2D eigenvalue weighted by atomic mass is 35.5. The molecular weight excluding hydrogens is 460 g/mol. The highest BCUT2D eigenvalue weighted by Crippen LogP contribution is 2.33. The number of nitrogens with one attached hydrogen (secondary N) is 4.